The molecule has 1 heterocycles. The first-order valence-electron chi connectivity index (χ1n) is 7.01. The lowest BCUT2D eigenvalue weighted by molar-refractivity contribution is -0.120. The SMILES string of the molecule is CCCNC(=O)CNC(=O)c1ccc(-c2ccccc2F)o1. The van der Waals surface area contributed by atoms with E-state index in [9.17, 15) is 14.0 Å². The zero-order valence-electron chi connectivity index (χ0n) is 12.2. The maximum Gasteiger partial charge on any atom is 0.287 e. The normalized spacial score (nSPS) is 10.3. The number of hydrogen-bond donors (Lipinski definition) is 2. The number of hydrogen-bond acceptors (Lipinski definition) is 3. The van der Waals surface area contributed by atoms with E-state index in [0.717, 1.165) is 6.42 Å². The van der Waals surface area contributed by atoms with Gasteiger partial charge in [0, 0.05) is 6.54 Å². The Balaban J connectivity index is 1.98. The molecule has 0 saturated carbocycles. The minimum absolute atomic E-state index is 0.0292. The molecular weight excluding hydrogens is 287 g/mol. The van der Waals surface area contributed by atoms with Gasteiger partial charge in [-0.05, 0) is 30.7 Å². The molecule has 0 fully saturated rings. The molecule has 2 rings (SSSR count). The van der Waals surface area contributed by atoms with Crippen LogP contribution in [-0.4, -0.2) is 24.9 Å². The average Bonchev–Trinajstić information content (AvgIpc) is 3.00. The largest absolute Gasteiger partial charge is 0.451 e. The van der Waals surface area contributed by atoms with Gasteiger partial charge < -0.3 is 15.1 Å². The molecule has 0 saturated heterocycles. The van der Waals surface area contributed by atoms with Gasteiger partial charge in [-0.15, -0.1) is 0 Å². The average molecular weight is 304 g/mol. The summed E-state index contributed by atoms with van der Waals surface area (Å²) in [6, 6.07) is 9.10. The minimum atomic E-state index is -0.519. The van der Waals surface area contributed by atoms with Crippen molar-refractivity contribution in [2.75, 3.05) is 13.1 Å². The molecule has 0 aliphatic rings. The maximum absolute atomic E-state index is 13.6. The molecule has 0 atom stereocenters. The molecule has 2 amide bonds. The van der Waals surface area contributed by atoms with Gasteiger partial charge in [0.2, 0.25) is 5.91 Å². The van der Waals surface area contributed by atoms with E-state index in [4.69, 9.17) is 4.42 Å². The predicted octanol–water partition coefficient (Wildman–Crippen LogP) is 2.34. The molecule has 1 aromatic carbocycles. The van der Waals surface area contributed by atoms with Gasteiger partial charge >= 0.3 is 0 Å². The van der Waals surface area contributed by atoms with Crippen LogP contribution in [0.3, 0.4) is 0 Å². The summed E-state index contributed by atoms with van der Waals surface area (Å²) >= 11 is 0. The molecule has 22 heavy (non-hydrogen) atoms. The molecule has 0 aliphatic carbocycles. The highest BCUT2D eigenvalue weighted by molar-refractivity contribution is 5.94. The van der Waals surface area contributed by atoms with Crippen molar-refractivity contribution in [3.05, 3.63) is 48.0 Å². The number of halogens is 1. The van der Waals surface area contributed by atoms with E-state index in [2.05, 4.69) is 10.6 Å². The second kappa shape index (κ2) is 7.40. The number of rotatable bonds is 6. The zero-order valence-corrected chi connectivity index (χ0v) is 12.2. The Morgan fingerprint density at radius 2 is 1.91 bits per heavy atom. The molecule has 1 aromatic heterocycles. The van der Waals surface area contributed by atoms with Crippen LogP contribution in [0.15, 0.2) is 40.8 Å². The van der Waals surface area contributed by atoms with E-state index in [0.29, 0.717) is 6.54 Å². The van der Waals surface area contributed by atoms with Gasteiger partial charge in [-0.2, -0.15) is 0 Å². The van der Waals surface area contributed by atoms with Gasteiger partial charge in [-0.3, -0.25) is 9.59 Å². The fourth-order valence-corrected chi connectivity index (χ4v) is 1.84. The number of nitrogens with one attached hydrogen (secondary N) is 2. The predicted molar refractivity (Wildman–Crippen MR) is 79.7 cm³/mol. The van der Waals surface area contributed by atoms with Crippen molar-refractivity contribution in [3.63, 3.8) is 0 Å². The van der Waals surface area contributed by atoms with Gasteiger partial charge in [0.05, 0.1) is 12.1 Å². The number of benzene rings is 1. The lowest BCUT2D eigenvalue weighted by Crippen LogP contribution is -2.37. The molecule has 2 N–H and O–H groups in total. The number of furan rings is 1. The number of amides is 2. The summed E-state index contributed by atoms with van der Waals surface area (Å²) in [6.07, 6.45) is 0.823. The Morgan fingerprint density at radius 1 is 1.14 bits per heavy atom. The third-order valence-electron chi connectivity index (χ3n) is 2.95. The highest BCUT2D eigenvalue weighted by Crippen LogP contribution is 2.24. The van der Waals surface area contributed by atoms with E-state index in [-0.39, 0.29) is 29.5 Å². The monoisotopic (exact) mass is 304 g/mol. The van der Waals surface area contributed by atoms with Crippen LogP contribution in [0.1, 0.15) is 23.9 Å². The highest BCUT2D eigenvalue weighted by Gasteiger charge is 2.14. The zero-order chi connectivity index (χ0) is 15.9. The van der Waals surface area contributed by atoms with E-state index < -0.39 is 11.7 Å². The third kappa shape index (κ3) is 3.94. The molecule has 0 radical (unpaired) electrons. The van der Waals surface area contributed by atoms with Crippen LogP contribution in [-0.2, 0) is 4.79 Å². The fourth-order valence-electron chi connectivity index (χ4n) is 1.84. The number of carbonyl (C=O) groups is 2. The first-order chi connectivity index (χ1) is 10.6. The first-order valence-corrected chi connectivity index (χ1v) is 7.01. The summed E-state index contributed by atoms with van der Waals surface area (Å²) in [7, 11) is 0. The van der Waals surface area contributed by atoms with Crippen molar-refractivity contribution in [2.24, 2.45) is 0 Å². The summed E-state index contributed by atoms with van der Waals surface area (Å²) in [6.45, 7) is 2.37. The van der Waals surface area contributed by atoms with Gasteiger partial charge in [0.15, 0.2) is 5.76 Å². The smallest absolute Gasteiger partial charge is 0.287 e. The Bertz CT molecular complexity index is 667. The third-order valence-corrected chi connectivity index (χ3v) is 2.95. The second-order valence-electron chi connectivity index (χ2n) is 4.68. The van der Waals surface area contributed by atoms with Crippen molar-refractivity contribution in [1.29, 1.82) is 0 Å². The van der Waals surface area contributed by atoms with Crippen molar-refractivity contribution < 1.29 is 18.4 Å². The fraction of sp³-hybridized carbons (Fsp3) is 0.250. The lowest BCUT2D eigenvalue weighted by atomic mass is 10.1. The Labute approximate surface area is 127 Å². The minimum Gasteiger partial charge on any atom is -0.451 e. The van der Waals surface area contributed by atoms with Crippen LogP contribution < -0.4 is 10.6 Å². The molecule has 116 valence electrons. The summed E-state index contributed by atoms with van der Waals surface area (Å²) < 4.78 is 19.0. The molecule has 0 aliphatic heterocycles. The summed E-state index contributed by atoms with van der Waals surface area (Å²) in [4.78, 5) is 23.3. The van der Waals surface area contributed by atoms with E-state index in [1.165, 1.54) is 18.2 Å². The Morgan fingerprint density at radius 3 is 2.64 bits per heavy atom. The molecular formula is C16H17FN2O3. The van der Waals surface area contributed by atoms with Crippen LogP contribution in [0.5, 0.6) is 0 Å². The molecule has 5 nitrogen and oxygen atoms in total. The van der Waals surface area contributed by atoms with Gasteiger partial charge in [0.25, 0.3) is 5.91 Å². The van der Waals surface area contributed by atoms with Crippen molar-refractivity contribution in [2.45, 2.75) is 13.3 Å². The van der Waals surface area contributed by atoms with Gasteiger partial charge in [-0.25, -0.2) is 4.39 Å². The summed E-state index contributed by atoms with van der Waals surface area (Å²) in [5, 5.41) is 5.09. The van der Waals surface area contributed by atoms with E-state index in [1.54, 1.807) is 18.2 Å². The first kappa shape index (κ1) is 15.8. The van der Waals surface area contributed by atoms with Crippen LogP contribution >= 0.6 is 0 Å². The lowest BCUT2D eigenvalue weighted by Gasteiger charge is -2.04. The quantitative estimate of drug-likeness (QED) is 0.860. The highest BCUT2D eigenvalue weighted by atomic mass is 19.1. The van der Waals surface area contributed by atoms with Crippen molar-refractivity contribution in [3.8, 4) is 11.3 Å². The molecule has 6 heteroatoms. The molecule has 0 spiro atoms. The van der Waals surface area contributed by atoms with Crippen LogP contribution in [0.25, 0.3) is 11.3 Å². The van der Waals surface area contributed by atoms with Crippen LogP contribution in [0, 0.1) is 5.82 Å². The second-order valence-corrected chi connectivity index (χ2v) is 4.68. The van der Waals surface area contributed by atoms with Gasteiger partial charge in [0.1, 0.15) is 11.6 Å². The Hall–Kier alpha value is -2.63. The van der Waals surface area contributed by atoms with E-state index in [1.807, 2.05) is 6.92 Å². The van der Waals surface area contributed by atoms with Crippen molar-refractivity contribution >= 4 is 11.8 Å². The van der Waals surface area contributed by atoms with Crippen molar-refractivity contribution in [1.82, 2.24) is 10.6 Å². The standard InChI is InChI=1S/C16H17FN2O3/c1-2-9-18-15(20)10-19-16(21)14-8-7-13(22-14)11-5-3-4-6-12(11)17/h3-8H,2,9-10H2,1H3,(H,18,20)(H,19,21). The Kier molecular flexibility index (Phi) is 5.30. The molecule has 0 unspecified atom stereocenters. The van der Waals surface area contributed by atoms with Crippen LogP contribution in [0.4, 0.5) is 4.39 Å². The summed E-state index contributed by atoms with van der Waals surface area (Å²) in [5.41, 5.74) is 0.280. The number of carbonyl (C=O) groups excluding carboxylic acids is 2. The van der Waals surface area contributed by atoms with Crippen LogP contribution in [0.2, 0.25) is 0 Å². The van der Waals surface area contributed by atoms with Gasteiger partial charge in [-0.1, -0.05) is 19.1 Å². The summed E-state index contributed by atoms with van der Waals surface area (Å²) in [5.74, 6) is -0.923. The molecule has 2 aromatic rings. The maximum atomic E-state index is 13.6. The van der Waals surface area contributed by atoms with E-state index >= 15 is 0 Å². The topological polar surface area (TPSA) is 71.3 Å². The molecule has 0 bridgehead atoms.